The van der Waals surface area contributed by atoms with Gasteiger partial charge >= 0.3 is 12.0 Å². The smallest absolute Gasteiger partial charge is 0.326 e. The zero-order valence-corrected chi connectivity index (χ0v) is 12.4. The summed E-state index contributed by atoms with van der Waals surface area (Å²) in [6, 6.07) is 0.373. The topological polar surface area (TPSA) is 78.4 Å². The summed E-state index contributed by atoms with van der Waals surface area (Å²) in [6.45, 7) is 7.17. The van der Waals surface area contributed by atoms with Crippen LogP contribution in [0.15, 0.2) is 16.8 Å². The largest absolute Gasteiger partial charge is 0.480 e. The fourth-order valence-corrected chi connectivity index (χ4v) is 2.38. The summed E-state index contributed by atoms with van der Waals surface area (Å²) in [4.78, 5) is 23.0. The fraction of sp³-hybridized carbons (Fsp3) is 0.538. The van der Waals surface area contributed by atoms with E-state index in [9.17, 15) is 9.59 Å². The summed E-state index contributed by atoms with van der Waals surface area (Å²) in [7, 11) is 0. The van der Waals surface area contributed by atoms with E-state index in [4.69, 9.17) is 5.11 Å². The van der Waals surface area contributed by atoms with Gasteiger partial charge in [0.15, 0.2) is 0 Å². The predicted molar refractivity (Wildman–Crippen MR) is 75.3 cm³/mol. The molecular formula is C13H20N2O3S. The second-order valence-corrected chi connectivity index (χ2v) is 6.31. The Balaban J connectivity index is 2.61. The van der Waals surface area contributed by atoms with Crippen molar-refractivity contribution in [2.45, 2.75) is 39.8 Å². The molecule has 0 aromatic carbocycles. The second kappa shape index (κ2) is 6.06. The van der Waals surface area contributed by atoms with Gasteiger partial charge in [-0.25, -0.2) is 9.59 Å². The van der Waals surface area contributed by atoms with Crippen LogP contribution < -0.4 is 10.6 Å². The van der Waals surface area contributed by atoms with Crippen LogP contribution in [-0.2, 0) is 4.79 Å². The maximum absolute atomic E-state index is 11.8. The number of rotatable bonds is 4. The quantitative estimate of drug-likeness (QED) is 0.795. The number of urea groups is 1. The molecule has 3 N–H and O–H groups in total. The minimum Gasteiger partial charge on any atom is -0.480 e. The Kier molecular flexibility index (Phi) is 4.94. The van der Waals surface area contributed by atoms with Gasteiger partial charge in [-0.3, -0.25) is 0 Å². The number of carbonyl (C=O) groups is 2. The third-order valence-electron chi connectivity index (χ3n) is 2.78. The first-order valence-corrected chi connectivity index (χ1v) is 6.98. The zero-order chi connectivity index (χ0) is 14.6. The van der Waals surface area contributed by atoms with Gasteiger partial charge in [0, 0.05) is 0 Å². The molecule has 1 heterocycles. The summed E-state index contributed by atoms with van der Waals surface area (Å²) in [5.41, 5.74) is 0.456. The van der Waals surface area contributed by atoms with Gasteiger partial charge in [0.2, 0.25) is 0 Å². The van der Waals surface area contributed by atoms with Crippen molar-refractivity contribution in [3.8, 4) is 0 Å². The Bertz CT molecular complexity index is 437. The fourth-order valence-electron chi connectivity index (χ4n) is 1.62. The lowest BCUT2D eigenvalue weighted by Crippen LogP contribution is -2.52. The minimum absolute atomic E-state index is 0.152. The first-order chi connectivity index (χ1) is 8.71. The number of nitrogens with one attached hydrogen (secondary N) is 2. The monoisotopic (exact) mass is 284 g/mol. The number of carbonyl (C=O) groups excluding carboxylic acids is 1. The van der Waals surface area contributed by atoms with E-state index in [1.807, 2.05) is 23.8 Å². The second-order valence-electron chi connectivity index (χ2n) is 5.53. The van der Waals surface area contributed by atoms with Crippen LogP contribution >= 0.6 is 11.3 Å². The lowest BCUT2D eigenvalue weighted by molar-refractivity contribution is -0.141. The highest BCUT2D eigenvalue weighted by Crippen LogP contribution is 2.20. The molecule has 1 aromatic heterocycles. The van der Waals surface area contributed by atoms with Gasteiger partial charge in [-0.1, -0.05) is 20.8 Å². The summed E-state index contributed by atoms with van der Waals surface area (Å²) in [5, 5.41) is 18.3. The molecule has 0 aliphatic rings. The molecule has 5 nitrogen and oxygen atoms in total. The Morgan fingerprint density at radius 3 is 2.37 bits per heavy atom. The molecule has 1 rings (SSSR count). The standard InChI is InChI=1S/C13H20N2O3S/c1-8(9-5-6-19-7-9)14-12(18)15-10(11(16)17)13(2,3)4/h5-8,10H,1-4H3,(H,16,17)(H2,14,15,18). The van der Waals surface area contributed by atoms with Crippen molar-refractivity contribution in [1.29, 1.82) is 0 Å². The van der Waals surface area contributed by atoms with Crippen molar-refractivity contribution in [2.24, 2.45) is 5.41 Å². The number of carboxylic acid groups (broad SMARTS) is 1. The van der Waals surface area contributed by atoms with E-state index in [-0.39, 0.29) is 6.04 Å². The van der Waals surface area contributed by atoms with Crippen molar-refractivity contribution < 1.29 is 14.7 Å². The number of hydrogen-bond donors (Lipinski definition) is 3. The third kappa shape index (κ3) is 4.55. The normalized spacial score (nSPS) is 14.5. The molecule has 19 heavy (non-hydrogen) atoms. The molecule has 0 saturated heterocycles. The van der Waals surface area contributed by atoms with Crippen LogP contribution in [0.25, 0.3) is 0 Å². The van der Waals surface area contributed by atoms with Gasteiger partial charge in [0.25, 0.3) is 0 Å². The molecule has 0 bridgehead atoms. The molecule has 2 unspecified atom stereocenters. The first kappa shape index (κ1) is 15.5. The molecule has 0 aliphatic carbocycles. The molecule has 2 atom stereocenters. The predicted octanol–water partition coefficient (Wildman–Crippen LogP) is 2.61. The number of aliphatic carboxylic acids is 1. The number of amides is 2. The third-order valence-corrected chi connectivity index (χ3v) is 3.48. The van der Waals surface area contributed by atoms with Gasteiger partial charge in [-0.05, 0) is 34.7 Å². The van der Waals surface area contributed by atoms with Gasteiger partial charge < -0.3 is 15.7 Å². The number of hydrogen-bond acceptors (Lipinski definition) is 3. The molecule has 0 aliphatic heterocycles. The van der Waals surface area contributed by atoms with Crippen LogP contribution in [0, 0.1) is 5.41 Å². The van der Waals surface area contributed by atoms with E-state index in [1.54, 1.807) is 32.1 Å². The summed E-state index contributed by atoms with van der Waals surface area (Å²) >= 11 is 1.55. The van der Waals surface area contributed by atoms with Crippen molar-refractivity contribution in [3.05, 3.63) is 22.4 Å². The highest BCUT2D eigenvalue weighted by atomic mass is 32.1. The van der Waals surface area contributed by atoms with Crippen LogP contribution in [0.3, 0.4) is 0 Å². The van der Waals surface area contributed by atoms with Gasteiger partial charge in [0.05, 0.1) is 6.04 Å². The Morgan fingerprint density at radius 2 is 1.95 bits per heavy atom. The summed E-state index contributed by atoms with van der Waals surface area (Å²) in [5.74, 6) is -1.04. The van der Waals surface area contributed by atoms with Crippen LogP contribution in [0.5, 0.6) is 0 Å². The Hall–Kier alpha value is -1.56. The molecule has 0 saturated carbocycles. The Morgan fingerprint density at radius 1 is 1.32 bits per heavy atom. The average molecular weight is 284 g/mol. The number of carboxylic acids is 1. The van der Waals surface area contributed by atoms with Crippen molar-refractivity contribution in [3.63, 3.8) is 0 Å². The van der Waals surface area contributed by atoms with Crippen LogP contribution in [0.1, 0.15) is 39.3 Å². The molecule has 106 valence electrons. The SMILES string of the molecule is CC(NC(=O)NC(C(=O)O)C(C)(C)C)c1ccsc1. The van der Waals surface area contributed by atoms with Crippen LogP contribution in [0.2, 0.25) is 0 Å². The molecule has 0 fully saturated rings. The molecule has 1 aromatic rings. The van der Waals surface area contributed by atoms with Gasteiger partial charge in [-0.15, -0.1) is 0 Å². The van der Waals surface area contributed by atoms with E-state index in [0.29, 0.717) is 0 Å². The highest BCUT2D eigenvalue weighted by Gasteiger charge is 2.32. The van der Waals surface area contributed by atoms with Crippen LogP contribution in [0.4, 0.5) is 4.79 Å². The lowest BCUT2D eigenvalue weighted by Gasteiger charge is -2.28. The average Bonchev–Trinajstić information content (AvgIpc) is 2.77. The summed E-state index contributed by atoms with van der Waals surface area (Å²) in [6.07, 6.45) is 0. The van der Waals surface area contributed by atoms with E-state index < -0.39 is 23.5 Å². The molecular weight excluding hydrogens is 264 g/mol. The molecule has 2 amide bonds. The Labute approximate surface area is 117 Å². The van der Waals surface area contributed by atoms with Crippen LogP contribution in [-0.4, -0.2) is 23.1 Å². The number of thiophene rings is 1. The molecule has 6 heteroatoms. The maximum Gasteiger partial charge on any atom is 0.326 e. The van der Waals surface area contributed by atoms with Crippen molar-refractivity contribution in [2.75, 3.05) is 0 Å². The zero-order valence-electron chi connectivity index (χ0n) is 11.6. The van der Waals surface area contributed by atoms with Crippen molar-refractivity contribution in [1.82, 2.24) is 10.6 Å². The van der Waals surface area contributed by atoms with E-state index in [2.05, 4.69) is 10.6 Å². The lowest BCUT2D eigenvalue weighted by atomic mass is 9.87. The highest BCUT2D eigenvalue weighted by molar-refractivity contribution is 7.07. The first-order valence-electron chi connectivity index (χ1n) is 6.03. The van der Waals surface area contributed by atoms with E-state index in [1.165, 1.54) is 0 Å². The minimum atomic E-state index is -1.04. The van der Waals surface area contributed by atoms with Gasteiger partial charge in [-0.2, -0.15) is 11.3 Å². The van der Waals surface area contributed by atoms with Crippen molar-refractivity contribution >= 4 is 23.3 Å². The van der Waals surface area contributed by atoms with Gasteiger partial charge in [0.1, 0.15) is 6.04 Å². The van der Waals surface area contributed by atoms with E-state index >= 15 is 0 Å². The summed E-state index contributed by atoms with van der Waals surface area (Å²) < 4.78 is 0. The van der Waals surface area contributed by atoms with E-state index in [0.717, 1.165) is 5.56 Å². The molecule has 0 radical (unpaired) electrons. The maximum atomic E-state index is 11.8. The molecule has 0 spiro atoms.